The minimum absolute atomic E-state index is 0.238. The summed E-state index contributed by atoms with van der Waals surface area (Å²) in [6.45, 7) is 1.73. The number of halogens is 1. The summed E-state index contributed by atoms with van der Waals surface area (Å²) in [7, 11) is -3.35. The number of nitrogens with zero attached hydrogens (tertiary/aromatic N) is 3. The van der Waals surface area contributed by atoms with Crippen molar-refractivity contribution in [3.63, 3.8) is 0 Å². The fourth-order valence-electron chi connectivity index (χ4n) is 2.90. The first kappa shape index (κ1) is 18.8. The zero-order chi connectivity index (χ0) is 20.6. The molecule has 0 aliphatic rings. The van der Waals surface area contributed by atoms with Crippen molar-refractivity contribution in [1.82, 2.24) is 20.2 Å². The Bertz CT molecular complexity index is 1320. The molecule has 4 aromatic rings. The van der Waals surface area contributed by atoms with Crippen molar-refractivity contribution in [3.05, 3.63) is 60.0 Å². The highest BCUT2D eigenvalue weighted by Gasteiger charge is 2.12. The number of aromatic nitrogens is 4. The van der Waals surface area contributed by atoms with Gasteiger partial charge in [-0.25, -0.2) is 17.8 Å². The zero-order valence-electron chi connectivity index (χ0n) is 15.6. The van der Waals surface area contributed by atoms with Gasteiger partial charge < -0.3 is 10.6 Å². The Hall–Kier alpha value is -3.53. The quantitative estimate of drug-likeness (QED) is 0.458. The number of hydrogen-bond donors (Lipinski definition) is 3. The second-order valence-electron chi connectivity index (χ2n) is 6.53. The van der Waals surface area contributed by atoms with Gasteiger partial charge in [0, 0.05) is 23.5 Å². The van der Waals surface area contributed by atoms with E-state index in [4.69, 9.17) is 0 Å². The predicted octanol–water partition coefficient (Wildman–Crippen LogP) is 3.69. The standard InChI is InChI=1S/C19H17FN6O2S/c1-11-3-5-13(10-16(11)29(2,27)28)22-19-21-8-7-17(24-19)23-18-14-9-12(20)4-6-15(14)25-26-18/h3-10H,1-2H3,(H3,21,22,23,24,25,26). The van der Waals surface area contributed by atoms with Crippen molar-refractivity contribution in [3.8, 4) is 0 Å². The lowest BCUT2D eigenvalue weighted by Crippen LogP contribution is -2.03. The fourth-order valence-corrected chi connectivity index (χ4v) is 3.89. The van der Waals surface area contributed by atoms with Gasteiger partial charge in [-0.15, -0.1) is 0 Å². The van der Waals surface area contributed by atoms with Crippen molar-refractivity contribution in [2.45, 2.75) is 11.8 Å². The average Bonchev–Trinajstić information content (AvgIpc) is 3.05. The molecular weight excluding hydrogens is 395 g/mol. The monoisotopic (exact) mass is 412 g/mol. The van der Waals surface area contributed by atoms with E-state index in [1.807, 2.05) is 0 Å². The molecule has 148 valence electrons. The highest BCUT2D eigenvalue weighted by atomic mass is 32.2. The first-order valence-corrected chi connectivity index (χ1v) is 10.5. The van der Waals surface area contributed by atoms with Crippen molar-refractivity contribution in [2.24, 2.45) is 0 Å². The van der Waals surface area contributed by atoms with E-state index in [9.17, 15) is 12.8 Å². The molecule has 0 saturated carbocycles. The Morgan fingerprint density at radius 2 is 1.90 bits per heavy atom. The minimum atomic E-state index is -3.35. The van der Waals surface area contributed by atoms with Gasteiger partial charge in [0.2, 0.25) is 5.95 Å². The minimum Gasteiger partial charge on any atom is -0.324 e. The lowest BCUT2D eigenvalue weighted by atomic mass is 10.2. The number of aryl methyl sites for hydroxylation is 1. The number of anilines is 4. The van der Waals surface area contributed by atoms with Crippen LogP contribution >= 0.6 is 0 Å². The first-order chi connectivity index (χ1) is 13.8. The Balaban J connectivity index is 1.60. The van der Waals surface area contributed by atoms with Gasteiger partial charge in [-0.2, -0.15) is 10.1 Å². The maximum absolute atomic E-state index is 13.5. The summed E-state index contributed by atoms with van der Waals surface area (Å²) in [5.41, 5.74) is 1.89. The summed E-state index contributed by atoms with van der Waals surface area (Å²) in [6, 6.07) is 11.0. The number of aromatic amines is 1. The normalized spacial score (nSPS) is 11.6. The molecule has 2 aromatic heterocycles. The molecule has 0 aliphatic heterocycles. The van der Waals surface area contributed by atoms with Crippen LogP contribution in [-0.2, 0) is 9.84 Å². The van der Waals surface area contributed by atoms with Crippen LogP contribution in [0.25, 0.3) is 10.9 Å². The lowest BCUT2D eigenvalue weighted by molar-refractivity contribution is 0.601. The molecule has 8 nitrogen and oxygen atoms in total. The highest BCUT2D eigenvalue weighted by molar-refractivity contribution is 7.90. The summed E-state index contributed by atoms with van der Waals surface area (Å²) in [5.74, 6) is 0.770. The summed E-state index contributed by atoms with van der Waals surface area (Å²) < 4.78 is 37.4. The summed E-state index contributed by atoms with van der Waals surface area (Å²) in [5, 5.41) is 13.6. The molecule has 3 N–H and O–H groups in total. The van der Waals surface area contributed by atoms with Crippen LogP contribution in [0.5, 0.6) is 0 Å². The number of rotatable bonds is 5. The molecule has 0 amide bonds. The van der Waals surface area contributed by atoms with Gasteiger partial charge in [0.25, 0.3) is 0 Å². The summed E-state index contributed by atoms with van der Waals surface area (Å²) in [4.78, 5) is 8.75. The van der Waals surface area contributed by atoms with Crippen molar-refractivity contribution in [2.75, 3.05) is 16.9 Å². The molecule has 0 spiro atoms. The van der Waals surface area contributed by atoms with Crippen LogP contribution in [0, 0.1) is 12.7 Å². The van der Waals surface area contributed by atoms with Crippen LogP contribution in [0.4, 0.5) is 27.7 Å². The van der Waals surface area contributed by atoms with Gasteiger partial charge in [-0.05, 0) is 48.9 Å². The van der Waals surface area contributed by atoms with Gasteiger partial charge in [-0.3, -0.25) is 5.10 Å². The van der Waals surface area contributed by atoms with Gasteiger partial charge in [-0.1, -0.05) is 6.07 Å². The maximum Gasteiger partial charge on any atom is 0.229 e. The third-order valence-corrected chi connectivity index (χ3v) is 5.51. The molecule has 0 saturated heterocycles. The molecule has 2 heterocycles. The zero-order valence-corrected chi connectivity index (χ0v) is 16.4. The third kappa shape index (κ3) is 4.02. The topological polar surface area (TPSA) is 113 Å². The van der Waals surface area contributed by atoms with Gasteiger partial charge in [0.05, 0.1) is 10.4 Å². The molecular formula is C19H17FN6O2S. The molecule has 0 radical (unpaired) electrons. The molecule has 10 heteroatoms. The van der Waals surface area contributed by atoms with E-state index in [0.29, 0.717) is 33.8 Å². The van der Waals surface area contributed by atoms with Crippen molar-refractivity contribution in [1.29, 1.82) is 0 Å². The van der Waals surface area contributed by atoms with Crippen LogP contribution in [0.1, 0.15) is 5.56 Å². The molecule has 0 aliphatic carbocycles. The number of fused-ring (bicyclic) bond motifs is 1. The predicted molar refractivity (Wildman–Crippen MR) is 109 cm³/mol. The second-order valence-corrected chi connectivity index (χ2v) is 8.51. The number of benzene rings is 2. The number of hydrogen-bond acceptors (Lipinski definition) is 7. The first-order valence-electron chi connectivity index (χ1n) is 8.61. The summed E-state index contributed by atoms with van der Waals surface area (Å²) >= 11 is 0. The molecule has 4 rings (SSSR count). The molecule has 0 bridgehead atoms. The van der Waals surface area contributed by atoms with Gasteiger partial charge >= 0.3 is 0 Å². The van der Waals surface area contributed by atoms with Crippen molar-refractivity contribution >= 4 is 44.0 Å². The average molecular weight is 412 g/mol. The smallest absolute Gasteiger partial charge is 0.229 e. The molecule has 29 heavy (non-hydrogen) atoms. The molecule has 0 fully saturated rings. The second kappa shape index (κ2) is 7.13. The summed E-state index contributed by atoms with van der Waals surface area (Å²) in [6.07, 6.45) is 2.70. The highest BCUT2D eigenvalue weighted by Crippen LogP contribution is 2.25. The Morgan fingerprint density at radius 3 is 2.69 bits per heavy atom. The Kier molecular flexibility index (Phi) is 4.63. The van der Waals surface area contributed by atoms with Crippen LogP contribution in [0.2, 0.25) is 0 Å². The maximum atomic E-state index is 13.5. The van der Waals surface area contributed by atoms with E-state index in [1.54, 1.807) is 37.4 Å². The van der Waals surface area contributed by atoms with Crippen LogP contribution in [0.3, 0.4) is 0 Å². The Labute approximate surface area is 166 Å². The van der Waals surface area contributed by atoms with Crippen LogP contribution < -0.4 is 10.6 Å². The number of nitrogens with one attached hydrogen (secondary N) is 3. The lowest BCUT2D eigenvalue weighted by Gasteiger charge is -2.10. The molecule has 0 unspecified atom stereocenters. The van der Waals surface area contributed by atoms with Crippen LogP contribution in [0.15, 0.2) is 53.6 Å². The van der Waals surface area contributed by atoms with Gasteiger partial charge in [0.15, 0.2) is 15.7 Å². The molecule has 0 atom stereocenters. The van der Waals surface area contributed by atoms with Crippen LogP contribution in [-0.4, -0.2) is 34.8 Å². The Morgan fingerprint density at radius 1 is 1.07 bits per heavy atom. The fraction of sp³-hybridized carbons (Fsp3) is 0.105. The van der Waals surface area contributed by atoms with E-state index in [1.165, 1.54) is 18.2 Å². The van der Waals surface area contributed by atoms with E-state index in [0.717, 1.165) is 6.26 Å². The third-order valence-electron chi connectivity index (χ3n) is 4.27. The molecule has 2 aromatic carbocycles. The number of sulfone groups is 1. The SMILES string of the molecule is Cc1ccc(Nc2nccc(Nc3n[nH]c4ccc(F)cc34)n2)cc1S(C)(=O)=O. The number of H-pyrrole nitrogens is 1. The van der Waals surface area contributed by atoms with E-state index in [2.05, 4.69) is 30.8 Å². The van der Waals surface area contributed by atoms with Crippen molar-refractivity contribution < 1.29 is 12.8 Å². The van der Waals surface area contributed by atoms with Gasteiger partial charge in [0.1, 0.15) is 11.6 Å². The largest absolute Gasteiger partial charge is 0.324 e. The van der Waals surface area contributed by atoms with E-state index >= 15 is 0 Å². The van der Waals surface area contributed by atoms with E-state index < -0.39 is 9.84 Å². The van der Waals surface area contributed by atoms with E-state index in [-0.39, 0.29) is 16.7 Å².